The monoisotopic (exact) mass is 315 g/mol. The molecule has 2 atom stereocenters. The second-order valence-electron chi connectivity index (χ2n) is 4.81. The molecule has 0 radical (unpaired) electrons. The molecule has 0 aliphatic rings. The van der Waals surface area contributed by atoms with Gasteiger partial charge < -0.3 is 14.8 Å². The Hall–Kier alpha value is -1.76. The number of carbonyl (C=O) groups excluding carboxylic acids is 1. The minimum atomic E-state index is -3.42. The molecular weight excluding hydrogens is 294 g/mol. The van der Waals surface area contributed by atoms with E-state index in [1.807, 2.05) is 0 Å². The van der Waals surface area contributed by atoms with Crippen LogP contribution in [-0.2, 0) is 14.6 Å². The summed E-state index contributed by atoms with van der Waals surface area (Å²) in [5.74, 6) is 0.663. The fraction of sp³-hybridized carbons (Fsp3) is 0.500. The molecule has 0 heterocycles. The number of hydrogen-bond donors (Lipinski definition) is 1. The molecule has 0 aromatic heterocycles. The Labute approximate surface area is 125 Å². The van der Waals surface area contributed by atoms with Crippen molar-refractivity contribution in [3.05, 3.63) is 23.8 Å². The minimum Gasteiger partial charge on any atom is -0.497 e. The molecule has 118 valence electrons. The molecule has 1 N–H and O–H groups in total. The molecule has 1 rings (SSSR count). The summed E-state index contributed by atoms with van der Waals surface area (Å²) in [6.07, 6.45) is 1.04. The molecule has 0 aliphatic heterocycles. The van der Waals surface area contributed by atoms with E-state index in [0.29, 0.717) is 11.5 Å². The zero-order valence-corrected chi connectivity index (χ0v) is 13.7. The molecule has 0 aliphatic carbocycles. The van der Waals surface area contributed by atoms with E-state index >= 15 is 0 Å². The number of carbonyl (C=O) groups is 1. The number of ether oxygens (including phenoxy) is 2. The number of sulfone groups is 1. The summed E-state index contributed by atoms with van der Waals surface area (Å²) in [4.78, 5) is 11.9. The van der Waals surface area contributed by atoms with Gasteiger partial charge in [0.25, 0.3) is 0 Å². The molecule has 1 aromatic rings. The largest absolute Gasteiger partial charge is 0.497 e. The lowest BCUT2D eigenvalue weighted by atomic mass is 10.1. The summed E-state index contributed by atoms with van der Waals surface area (Å²) in [6, 6.07) is 4.84. The van der Waals surface area contributed by atoms with Crippen LogP contribution in [0.4, 0.5) is 0 Å². The number of hydrogen-bond acceptors (Lipinski definition) is 5. The fourth-order valence-electron chi connectivity index (χ4n) is 1.78. The van der Waals surface area contributed by atoms with Crippen molar-refractivity contribution in [2.75, 3.05) is 20.5 Å². The molecule has 0 spiro atoms. The molecule has 21 heavy (non-hydrogen) atoms. The van der Waals surface area contributed by atoms with Gasteiger partial charge in [-0.2, -0.15) is 0 Å². The van der Waals surface area contributed by atoms with Crippen LogP contribution in [0, 0.1) is 0 Å². The quantitative estimate of drug-likeness (QED) is 0.856. The summed E-state index contributed by atoms with van der Waals surface area (Å²) in [5.41, 5.74) is 0.743. The second kappa shape index (κ2) is 6.80. The standard InChI is InChI=1S/C14H21NO5S/c1-9(15-14(16)10(2)21(5,17)18)12-7-6-11(19-3)8-13(12)20-4/h6-10H,1-5H3,(H,15,16)/t9-,10-/m1/s1. The van der Waals surface area contributed by atoms with Gasteiger partial charge in [-0.1, -0.05) is 0 Å². The van der Waals surface area contributed by atoms with Gasteiger partial charge in [0.2, 0.25) is 5.91 Å². The summed E-state index contributed by atoms with van der Waals surface area (Å²) in [6.45, 7) is 3.12. The predicted molar refractivity (Wildman–Crippen MR) is 80.4 cm³/mol. The predicted octanol–water partition coefficient (Wildman–Crippen LogP) is 1.31. The SMILES string of the molecule is COc1ccc([C@@H](C)NC(=O)[C@@H](C)S(C)(=O)=O)c(OC)c1. The Bertz CT molecular complexity index is 612. The Kier molecular flexibility index (Phi) is 5.60. The van der Waals surface area contributed by atoms with Crippen molar-refractivity contribution in [3.8, 4) is 11.5 Å². The highest BCUT2D eigenvalue weighted by atomic mass is 32.2. The molecule has 1 amide bonds. The summed E-state index contributed by atoms with van der Waals surface area (Å²) in [5, 5.41) is 1.58. The van der Waals surface area contributed by atoms with Crippen molar-refractivity contribution in [1.82, 2.24) is 5.32 Å². The highest BCUT2D eigenvalue weighted by molar-refractivity contribution is 7.92. The van der Waals surface area contributed by atoms with Gasteiger partial charge in [0, 0.05) is 17.9 Å². The number of benzene rings is 1. The van der Waals surface area contributed by atoms with Crippen LogP contribution in [0.1, 0.15) is 25.5 Å². The number of methoxy groups -OCH3 is 2. The molecule has 0 unspecified atom stereocenters. The van der Waals surface area contributed by atoms with Crippen LogP contribution in [0.25, 0.3) is 0 Å². The Balaban J connectivity index is 2.94. The Morgan fingerprint density at radius 1 is 1.19 bits per heavy atom. The zero-order chi connectivity index (χ0) is 16.2. The van der Waals surface area contributed by atoms with E-state index in [4.69, 9.17) is 9.47 Å². The van der Waals surface area contributed by atoms with E-state index in [9.17, 15) is 13.2 Å². The van der Waals surface area contributed by atoms with Gasteiger partial charge in [0.05, 0.1) is 20.3 Å². The van der Waals surface area contributed by atoms with Gasteiger partial charge in [0.15, 0.2) is 9.84 Å². The molecule has 0 saturated heterocycles. The number of amides is 1. The minimum absolute atomic E-state index is 0.387. The Morgan fingerprint density at radius 2 is 1.81 bits per heavy atom. The normalized spacial score (nSPS) is 14.1. The molecule has 1 aromatic carbocycles. The van der Waals surface area contributed by atoms with E-state index in [-0.39, 0.29) is 6.04 Å². The van der Waals surface area contributed by atoms with Gasteiger partial charge in [-0.05, 0) is 26.0 Å². The third-order valence-electron chi connectivity index (χ3n) is 3.28. The first-order chi connectivity index (χ1) is 9.70. The van der Waals surface area contributed by atoms with Gasteiger partial charge >= 0.3 is 0 Å². The van der Waals surface area contributed by atoms with Gasteiger partial charge in [-0.3, -0.25) is 4.79 Å². The summed E-state index contributed by atoms with van der Waals surface area (Å²) >= 11 is 0. The zero-order valence-electron chi connectivity index (χ0n) is 12.8. The van der Waals surface area contributed by atoms with Gasteiger partial charge in [-0.25, -0.2) is 8.42 Å². The van der Waals surface area contributed by atoms with Gasteiger partial charge in [-0.15, -0.1) is 0 Å². The highest BCUT2D eigenvalue weighted by Gasteiger charge is 2.25. The molecule has 6 nitrogen and oxygen atoms in total. The molecule has 0 fully saturated rings. The van der Waals surface area contributed by atoms with Crippen LogP contribution in [0.2, 0.25) is 0 Å². The van der Waals surface area contributed by atoms with Crippen molar-refractivity contribution >= 4 is 15.7 Å². The average molecular weight is 315 g/mol. The maximum absolute atomic E-state index is 11.9. The molecule has 7 heteroatoms. The number of nitrogens with one attached hydrogen (secondary N) is 1. The van der Waals surface area contributed by atoms with E-state index in [2.05, 4.69) is 5.32 Å². The van der Waals surface area contributed by atoms with Crippen molar-refractivity contribution in [2.45, 2.75) is 25.1 Å². The molecule has 0 saturated carbocycles. The first-order valence-electron chi connectivity index (χ1n) is 6.41. The lowest BCUT2D eigenvalue weighted by Gasteiger charge is -2.19. The highest BCUT2D eigenvalue weighted by Crippen LogP contribution is 2.29. The molecular formula is C14H21NO5S. The van der Waals surface area contributed by atoms with Crippen molar-refractivity contribution < 1.29 is 22.7 Å². The van der Waals surface area contributed by atoms with Gasteiger partial charge in [0.1, 0.15) is 16.7 Å². The Morgan fingerprint density at radius 3 is 2.29 bits per heavy atom. The maximum Gasteiger partial charge on any atom is 0.238 e. The first kappa shape index (κ1) is 17.3. The van der Waals surface area contributed by atoms with Crippen LogP contribution in [0.15, 0.2) is 18.2 Å². The van der Waals surface area contributed by atoms with E-state index in [1.54, 1.807) is 32.2 Å². The maximum atomic E-state index is 11.9. The van der Waals surface area contributed by atoms with E-state index in [1.165, 1.54) is 14.0 Å². The lowest BCUT2D eigenvalue weighted by molar-refractivity contribution is -0.121. The summed E-state index contributed by atoms with van der Waals surface area (Å²) < 4.78 is 33.2. The smallest absolute Gasteiger partial charge is 0.238 e. The first-order valence-corrected chi connectivity index (χ1v) is 8.37. The van der Waals surface area contributed by atoms with Crippen LogP contribution in [0.5, 0.6) is 11.5 Å². The van der Waals surface area contributed by atoms with Crippen LogP contribution in [0.3, 0.4) is 0 Å². The lowest BCUT2D eigenvalue weighted by Crippen LogP contribution is -2.38. The average Bonchev–Trinajstić information content (AvgIpc) is 2.44. The van der Waals surface area contributed by atoms with Crippen molar-refractivity contribution in [3.63, 3.8) is 0 Å². The topological polar surface area (TPSA) is 81.7 Å². The van der Waals surface area contributed by atoms with Crippen molar-refractivity contribution in [1.29, 1.82) is 0 Å². The van der Waals surface area contributed by atoms with E-state index in [0.717, 1.165) is 11.8 Å². The summed E-state index contributed by atoms with van der Waals surface area (Å²) in [7, 11) is -0.351. The number of rotatable bonds is 6. The third-order valence-corrected chi connectivity index (χ3v) is 4.78. The second-order valence-corrected chi connectivity index (χ2v) is 7.18. The van der Waals surface area contributed by atoms with Crippen molar-refractivity contribution in [2.24, 2.45) is 0 Å². The fourth-order valence-corrected chi connectivity index (χ4v) is 2.24. The van der Waals surface area contributed by atoms with E-state index < -0.39 is 21.0 Å². The van der Waals surface area contributed by atoms with Crippen LogP contribution >= 0.6 is 0 Å². The van der Waals surface area contributed by atoms with Crippen LogP contribution in [-0.4, -0.2) is 40.1 Å². The molecule has 0 bridgehead atoms. The van der Waals surface area contributed by atoms with Crippen LogP contribution < -0.4 is 14.8 Å². The third kappa shape index (κ3) is 4.35.